The number of rotatable bonds is 4. The quantitative estimate of drug-likeness (QED) is 0.393. The lowest BCUT2D eigenvalue weighted by Crippen LogP contribution is -2.22. The Morgan fingerprint density at radius 2 is 2.05 bits per heavy atom. The van der Waals surface area contributed by atoms with Crippen LogP contribution in [0.3, 0.4) is 0 Å². The molecular weight excluding hydrogens is 457 g/mol. The highest BCUT2D eigenvalue weighted by atomic mass is 127. The highest BCUT2D eigenvalue weighted by Crippen LogP contribution is 2.23. The highest BCUT2D eigenvalue weighted by molar-refractivity contribution is 14.0. The summed E-state index contributed by atoms with van der Waals surface area (Å²) in [4.78, 5) is 4.35. The zero-order valence-electron chi connectivity index (χ0n) is 12.5. The van der Waals surface area contributed by atoms with Crippen LogP contribution < -0.4 is 15.8 Å². The normalized spacial score (nSPS) is 10.8. The fourth-order valence-electron chi connectivity index (χ4n) is 1.95. The maximum Gasteiger partial charge on any atom is 0.193 e. The van der Waals surface area contributed by atoms with Gasteiger partial charge >= 0.3 is 0 Å². The van der Waals surface area contributed by atoms with Crippen molar-refractivity contribution in [3.8, 4) is 5.75 Å². The number of aliphatic imine (C=N–C) groups is 1. The van der Waals surface area contributed by atoms with Crippen molar-refractivity contribution in [3.63, 3.8) is 0 Å². The summed E-state index contributed by atoms with van der Waals surface area (Å²) in [7, 11) is 1.64. The van der Waals surface area contributed by atoms with Gasteiger partial charge in [0.15, 0.2) is 5.96 Å². The lowest BCUT2D eigenvalue weighted by atomic mass is 10.2. The fraction of sp³-hybridized carbons (Fsp3) is 0.188. The minimum Gasteiger partial charge on any atom is -0.496 e. The Morgan fingerprint density at radius 3 is 2.73 bits per heavy atom. The van der Waals surface area contributed by atoms with E-state index in [0.29, 0.717) is 12.5 Å². The van der Waals surface area contributed by atoms with Crippen LogP contribution in [0.15, 0.2) is 51.9 Å². The van der Waals surface area contributed by atoms with E-state index in [1.54, 1.807) is 7.11 Å². The van der Waals surface area contributed by atoms with Gasteiger partial charge in [-0.2, -0.15) is 0 Å². The topological polar surface area (TPSA) is 59.6 Å². The number of guanidine groups is 1. The van der Waals surface area contributed by atoms with Crippen molar-refractivity contribution in [3.05, 3.63) is 58.1 Å². The molecule has 3 N–H and O–H groups in total. The average Bonchev–Trinajstić information content (AvgIpc) is 2.45. The minimum absolute atomic E-state index is 0. The van der Waals surface area contributed by atoms with E-state index in [2.05, 4.69) is 26.2 Å². The van der Waals surface area contributed by atoms with Crippen LogP contribution in [0.4, 0.5) is 5.69 Å². The average molecular weight is 476 g/mol. The fourth-order valence-corrected chi connectivity index (χ4v) is 2.36. The van der Waals surface area contributed by atoms with Gasteiger partial charge < -0.3 is 15.8 Å². The van der Waals surface area contributed by atoms with Crippen LogP contribution in [0, 0.1) is 6.92 Å². The van der Waals surface area contributed by atoms with Gasteiger partial charge in [-0.3, -0.25) is 0 Å². The highest BCUT2D eigenvalue weighted by Gasteiger charge is 2.03. The van der Waals surface area contributed by atoms with Crippen molar-refractivity contribution in [2.24, 2.45) is 10.7 Å². The number of nitrogens with two attached hydrogens (primary N) is 1. The van der Waals surface area contributed by atoms with Gasteiger partial charge in [-0.1, -0.05) is 28.1 Å². The molecule has 0 aromatic heterocycles. The van der Waals surface area contributed by atoms with E-state index in [9.17, 15) is 0 Å². The Kier molecular flexibility index (Phi) is 7.67. The number of benzene rings is 2. The maximum atomic E-state index is 5.92. The Balaban J connectivity index is 0.00000242. The van der Waals surface area contributed by atoms with Crippen molar-refractivity contribution >= 4 is 51.6 Å². The number of hydrogen-bond donors (Lipinski definition) is 2. The van der Waals surface area contributed by atoms with Gasteiger partial charge in [0.05, 0.1) is 13.7 Å². The van der Waals surface area contributed by atoms with E-state index < -0.39 is 0 Å². The summed E-state index contributed by atoms with van der Waals surface area (Å²) in [6.07, 6.45) is 0. The molecule has 4 nitrogen and oxygen atoms in total. The SMILES string of the molecule is COc1ccc(Br)cc1CN=C(N)Nc1cccc(C)c1.I. The molecule has 0 fully saturated rings. The monoisotopic (exact) mass is 475 g/mol. The number of nitrogens with one attached hydrogen (secondary N) is 1. The number of methoxy groups -OCH3 is 1. The van der Waals surface area contributed by atoms with Gasteiger partial charge in [0.1, 0.15) is 5.75 Å². The molecule has 0 spiro atoms. The Bertz CT molecular complexity index is 662. The van der Waals surface area contributed by atoms with E-state index in [1.165, 1.54) is 5.56 Å². The summed E-state index contributed by atoms with van der Waals surface area (Å²) in [6.45, 7) is 2.48. The first-order valence-corrected chi connectivity index (χ1v) is 7.34. The molecule has 0 saturated carbocycles. The van der Waals surface area contributed by atoms with Gasteiger partial charge in [0.2, 0.25) is 0 Å². The number of ether oxygens (including phenoxy) is 1. The van der Waals surface area contributed by atoms with Gasteiger partial charge in [-0.05, 0) is 42.8 Å². The van der Waals surface area contributed by atoms with Gasteiger partial charge in [0, 0.05) is 15.7 Å². The largest absolute Gasteiger partial charge is 0.496 e. The number of aryl methyl sites for hydroxylation is 1. The molecular formula is C16H19BrIN3O. The third-order valence-electron chi connectivity index (χ3n) is 2.95. The number of hydrogen-bond acceptors (Lipinski definition) is 2. The molecule has 0 unspecified atom stereocenters. The van der Waals surface area contributed by atoms with Crippen LogP contribution in [-0.2, 0) is 6.54 Å². The third kappa shape index (κ3) is 5.49. The summed E-state index contributed by atoms with van der Waals surface area (Å²) >= 11 is 3.44. The number of anilines is 1. The van der Waals surface area contributed by atoms with Gasteiger partial charge in [-0.25, -0.2) is 4.99 Å². The van der Waals surface area contributed by atoms with Crippen molar-refractivity contribution < 1.29 is 4.74 Å². The van der Waals surface area contributed by atoms with Gasteiger partial charge in [0.25, 0.3) is 0 Å². The van der Waals surface area contributed by atoms with E-state index in [0.717, 1.165) is 21.5 Å². The second-order valence-corrected chi connectivity index (χ2v) is 5.57. The number of nitrogens with zero attached hydrogens (tertiary/aromatic N) is 1. The molecule has 22 heavy (non-hydrogen) atoms. The molecule has 0 aliphatic carbocycles. The summed E-state index contributed by atoms with van der Waals surface area (Å²) in [5.74, 6) is 1.17. The molecule has 0 aliphatic heterocycles. The maximum absolute atomic E-state index is 5.92. The van der Waals surface area contributed by atoms with Crippen molar-refractivity contribution in [1.29, 1.82) is 0 Å². The summed E-state index contributed by atoms with van der Waals surface area (Å²) in [5.41, 5.74) is 8.99. The van der Waals surface area contributed by atoms with E-state index in [4.69, 9.17) is 10.5 Å². The van der Waals surface area contributed by atoms with Crippen LogP contribution in [0.25, 0.3) is 0 Å². The minimum atomic E-state index is 0. The predicted octanol–water partition coefficient (Wildman–Crippen LogP) is 4.31. The first-order chi connectivity index (χ1) is 10.1. The Hall–Kier alpha value is -1.28. The molecule has 6 heteroatoms. The van der Waals surface area contributed by atoms with Crippen LogP contribution in [0.1, 0.15) is 11.1 Å². The molecule has 0 aliphatic rings. The second-order valence-electron chi connectivity index (χ2n) is 4.65. The standard InChI is InChI=1S/C16H18BrN3O.HI/c1-11-4-3-5-14(8-11)20-16(18)19-10-12-9-13(17)6-7-15(12)21-2;/h3-9H,10H2,1-2H3,(H3,18,19,20);1H. The number of halogens is 2. The zero-order chi connectivity index (χ0) is 15.2. The third-order valence-corrected chi connectivity index (χ3v) is 3.45. The molecule has 0 amide bonds. The first kappa shape index (κ1) is 18.8. The van der Waals surface area contributed by atoms with Crippen molar-refractivity contribution in [1.82, 2.24) is 0 Å². The predicted molar refractivity (Wildman–Crippen MR) is 106 cm³/mol. The van der Waals surface area contributed by atoms with E-state index in [1.807, 2.05) is 49.4 Å². The zero-order valence-corrected chi connectivity index (χ0v) is 16.4. The molecule has 2 aromatic rings. The van der Waals surface area contributed by atoms with Crippen molar-refractivity contribution in [2.75, 3.05) is 12.4 Å². The van der Waals surface area contributed by atoms with Gasteiger partial charge in [-0.15, -0.1) is 24.0 Å². The van der Waals surface area contributed by atoms with Crippen molar-refractivity contribution in [2.45, 2.75) is 13.5 Å². The Labute approximate surface area is 156 Å². The Morgan fingerprint density at radius 1 is 1.27 bits per heavy atom. The molecule has 2 rings (SSSR count). The second kappa shape index (κ2) is 8.99. The molecule has 2 aromatic carbocycles. The van der Waals surface area contributed by atoms with Crippen LogP contribution in [0.2, 0.25) is 0 Å². The molecule has 0 saturated heterocycles. The van der Waals surface area contributed by atoms with E-state index >= 15 is 0 Å². The first-order valence-electron chi connectivity index (χ1n) is 6.54. The molecule has 0 bridgehead atoms. The lowest BCUT2D eigenvalue weighted by Gasteiger charge is -2.09. The molecule has 118 valence electrons. The molecule has 0 heterocycles. The lowest BCUT2D eigenvalue weighted by molar-refractivity contribution is 0.410. The summed E-state index contributed by atoms with van der Waals surface area (Å²) in [6, 6.07) is 13.8. The van der Waals surface area contributed by atoms with E-state index in [-0.39, 0.29) is 24.0 Å². The summed E-state index contributed by atoms with van der Waals surface area (Å²) < 4.78 is 6.30. The molecule has 0 radical (unpaired) electrons. The smallest absolute Gasteiger partial charge is 0.193 e. The van der Waals surface area contributed by atoms with Crippen LogP contribution in [0.5, 0.6) is 5.75 Å². The summed E-state index contributed by atoms with van der Waals surface area (Å²) in [5, 5.41) is 3.08. The van der Waals surface area contributed by atoms with Crippen LogP contribution >= 0.6 is 39.9 Å². The van der Waals surface area contributed by atoms with Crippen LogP contribution in [-0.4, -0.2) is 13.1 Å². The molecule has 0 atom stereocenters.